The molecule has 0 fully saturated rings. The van der Waals surface area contributed by atoms with Gasteiger partial charge in [-0.1, -0.05) is 45.9 Å². The number of nitrogens with zero attached hydrogens (tertiary/aromatic N) is 4. The van der Waals surface area contributed by atoms with Gasteiger partial charge in [-0.15, -0.1) is 0 Å². The third-order valence-electron chi connectivity index (χ3n) is 13.2. The Morgan fingerprint density at radius 3 is 1.22 bits per heavy atom. The van der Waals surface area contributed by atoms with Crippen LogP contribution in [0.5, 0.6) is 0 Å². The van der Waals surface area contributed by atoms with Crippen LogP contribution >= 0.6 is 21.6 Å². The highest BCUT2D eigenvalue weighted by atomic mass is 33.1. The number of fused-ring (bicyclic) bond motifs is 6. The van der Waals surface area contributed by atoms with E-state index in [-0.39, 0.29) is 49.1 Å². The van der Waals surface area contributed by atoms with Crippen molar-refractivity contribution in [2.75, 3.05) is 87.0 Å². The van der Waals surface area contributed by atoms with Crippen LogP contribution in [0.4, 0.5) is 11.4 Å². The van der Waals surface area contributed by atoms with Crippen molar-refractivity contribution in [2.45, 2.75) is 38.5 Å². The van der Waals surface area contributed by atoms with Crippen LogP contribution in [0.2, 0.25) is 0 Å². The number of nitrogens with one attached hydrogen (secondary N) is 2. The molecule has 2 aliphatic heterocycles. The maximum absolute atomic E-state index is 13.4. The summed E-state index contributed by atoms with van der Waals surface area (Å²) in [6.45, 7) is 11.7. The Kier molecular flexibility index (Phi) is 15.2. The number of carbonyl (C=O) groups excluding carboxylic acids is 2. The second kappa shape index (κ2) is 21.3. The lowest BCUT2D eigenvalue weighted by Gasteiger charge is -2.23. The van der Waals surface area contributed by atoms with Crippen LogP contribution in [0, 0.1) is 0 Å². The van der Waals surface area contributed by atoms with Crippen LogP contribution in [0.25, 0.3) is 33.6 Å². The molecule has 4 aromatic carbocycles. The van der Waals surface area contributed by atoms with E-state index in [0.29, 0.717) is 50.4 Å². The molecule has 0 saturated heterocycles. The second-order valence-corrected chi connectivity index (χ2v) is 20.9. The van der Waals surface area contributed by atoms with Crippen LogP contribution in [0.1, 0.15) is 70.9 Å². The van der Waals surface area contributed by atoms with Gasteiger partial charge >= 0.3 is 0 Å². The summed E-state index contributed by atoms with van der Waals surface area (Å²) < 4.78 is 4.41. The van der Waals surface area contributed by atoms with Crippen molar-refractivity contribution in [2.24, 2.45) is 0 Å². The molecule has 6 aromatic rings. The molecule has 14 heteroatoms. The average Bonchev–Trinajstić information content (AvgIpc) is 3.72. The Labute approximate surface area is 407 Å². The van der Waals surface area contributed by atoms with Crippen molar-refractivity contribution in [3.8, 4) is 33.6 Å². The SMILES string of the molecule is CC1(C)c2cc(C(=O)NCCSSCCNC(=O)c3ccc4c(c3)C(C)(C)c3cc(-c5ccc(N(CCO)CCO)cc5)cc[n+]3-4)ccc2-[n+]2ccc(-c3ccc(N(CCO)CCO)cc3)cc21. The van der Waals surface area contributed by atoms with E-state index in [0.717, 1.165) is 79.0 Å². The summed E-state index contributed by atoms with van der Waals surface area (Å²) in [5.74, 6) is 1.25. The largest absolute Gasteiger partial charge is 0.395 e. The minimum absolute atomic E-state index is 0.0170. The summed E-state index contributed by atoms with van der Waals surface area (Å²) in [5.41, 5.74) is 13.4. The van der Waals surface area contributed by atoms with Crippen molar-refractivity contribution in [3.05, 3.63) is 155 Å². The molecule has 6 N–H and O–H groups in total. The zero-order valence-corrected chi connectivity index (χ0v) is 40.9. The van der Waals surface area contributed by atoms with Crippen LogP contribution < -0.4 is 29.6 Å². The number of aromatic nitrogens is 2. The summed E-state index contributed by atoms with van der Waals surface area (Å²) in [7, 11) is 3.34. The van der Waals surface area contributed by atoms with Gasteiger partial charge in [0.15, 0.2) is 23.8 Å². The fraction of sp³-hybridized carbons (Fsp3) is 0.333. The molecule has 2 aromatic heterocycles. The van der Waals surface area contributed by atoms with Gasteiger partial charge in [0.05, 0.1) is 37.3 Å². The van der Waals surface area contributed by atoms with Gasteiger partial charge in [0.2, 0.25) is 11.4 Å². The first kappa shape index (κ1) is 48.7. The van der Waals surface area contributed by atoms with Crippen LogP contribution in [-0.2, 0) is 10.8 Å². The van der Waals surface area contributed by atoms with E-state index in [1.165, 1.54) is 0 Å². The minimum Gasteiger partial charge on any atom is -0.395 e. The van der Waals surface area contributed by atoms with E-state index in [1.54, 1.807) is 21.6 Å². The number of aliphatic hydroxyl groups is 4. The summed E-state index contributed by atoms with van der Waals surface area (Å²) in [5, 5.41) is 44.0. The molecule has 0 saturated carbocycles. The molecule has 2 amide bonds. The molecule has 68 heavy (non-hydrogen) atoms. The molecular weight excluding hydrogens is 893 g/mol. The standard InChI is InChI=1S/C54H60N6O6S2/c1-53(2)45-33-41(9-15-47(45)59-21-17-39(35-49(53)59)37-5-11-43(12-6-37)57(23-27-61)24-28-62)51(65)55-19-31-67-68-32-20-56-52(66)42-10-16-48-46(34-42)54(3,4)50-36-40(18-22-60(48)50)38-7-13-44(14-8-38)58(25-29-63)26-30-64/h5-18,21-22,33-36,61-64H,19-20,23-32H2,1-4H3/p+2. The molecule has 12 nitrogen and oxygen atoms in total. The Bertz CT molecular complexity index is 2560. The fourth-order valence-corrected chi connectivity index (χ4v) is 11.3. The number of hydrogen-bond acceptors (Lipinski definition) is 10. The summed E-state index contributed by atoms with van der Waals surface area (Å²) in [6, 6.07) is 36.9. The predicted molar refractivity (Wildman–Crippen MR) is 273 cm³/mol. The molecule has 0 atom stereocenters. The second-order valence-electron chi connectivity index (χ2n) is 18.2. The Balaban J connectivity index is 0.791. The molecule has 0 aliphatic carbocycles. The van der Waals surface area contributed by atoms with E-state index in [2.05, 4.69) is 108 Å². The van der Waals surface area contributed by atoms with Gasteiger partial charge in [-0.25, -0.2) is 0 Å². The molecule has 8 rings (SSSR count). The van der Waals surface area contributed by atoms with Gasteiger partial charge in [0, 0.05) is 121 Å². The molecule has 0 unspecified atom stereocenters. The number of rotatable bonds is 21. The summed E-state index contributed by atoms with van der Waals surface area (Å²) >= 11 is 0. The number of aliphatic hydroxyl groups excluding tert-OH is 4. The predicted octanol–water partition coefficient (Wildman–Crippen LogP) is 5.98. The van der Waals surface area contributed by atoms with Gasteiger partial charge < -0.3 is 40.9 Å². The van der Waals surface area contributed by atoms with Gasteiger partial charge in [-0.2, -0.15) is 9.13 Å². The number of anilines is 2. The molecule has 354 valence electrons. The van der Waals surface area contributed by atoms with Crippen LogP contribution in [0.15, 0.2) is 122 Å². The van der Waals surface area contributed by atoms with E-state index in [9.17, 15) is 30.0 Å². The monoisotopic (exact) mass is 954 g/mol. The number of amides is 2. The van der Waals surface area contributed by atoms with Crippen molar-refractivity contribution in [1.29, 1.82) is 0 Å². The van der Waals surface area contributed by atoms with Gasteiger partial charge in [-0.3, -0.25) is 9.59 Å². The quantitative estimate of drug-likeness (QED) is 0.0289. The number of pyridine rings is 2. The number of hydrogen-bond donors (Lipinski definition) is 6. The molecule has 0 spiro atoms. The van der Waals surface area contributed by atoms with E-state index < -0.39 is 0 Å². The van der Waals surface area contributed by atoms with E-state index in [1.807, 2.05) is 70.5 Å². The van der Waals surface area contributed by atoms with Gasteiger partial charge in [0.25, 0.3) is 11.8 Å². The van der Waals surface area contributed by atoms with Crippen molar-refractivity contribution >= 4 is 44.8 Å². The third-order valence-corrected chi connectivity index (χ3v) is 15.6. The van der Waals surface area contributed by atoms with Gasteiger partial charge in [0.1, 0.15) is 0 Å². The smallest absolute Gasteiger partial charge is 0.251 e. The molecular formula is C54H62N6O6S2+2. The number of benzene rings is 4. The lowest BCUT2D eigenvalue weighted by molar-refractivity contribution is -0.600. The fourth-order valence-electron chi connectivity index (χ4n) is 9.48. The van der Waals surface area contributed by atoms with E-state index >= 15 is 0 Å². The summed E-state index contributed by atoms with van der Waals surface area (Å²) in [4.78, 5) is 30.6. The topological polar surface area (TPSA) is 153 Å². The lowest BCUT2D eigenvalue weighted by Crippen LogP contribution is -2.34. The Morgan fingerprint density at radius 1 is 0.500 bits per heavy atom. The Morgan fingerprint density at radius 2 is 0.868 bits per heavy atom. The minimum atomic E-state index is -0.335. The molecule has 0 bridgehead atoms. The highest BCUT2D eigenvalue weighted by Gasteiger charge is 2.45. The highest BCUT2D eigenvalue weighted by molar-refractivity contribution is 8.76. The Hall–Kier alpha value is -5.74. The average molecular weight is 955 g/mol. The zero-order chi connectivity index (χ0) is 48.0. The lowest BCUT2D eigenvalue weighted by atomic mass is 9.82. The summed E-state index contributed by atoms with van der Waals surface area (Å²) in [6.07, 6.45) is 4.19. The molecule has 0 radical (unpaired) electrons. The zero-order valence-electron chi connectivity index (χ0n) is 39.2. The normalized spacial score (nSPS) is 13.6. The maximum atomic E-state index is 13.4. The molecule has 2 aliphatic rings. The van der Waals surface area contributed by atoms with Crippen LogP contribution in [0.3, 0.4) is 0 Å². The first-order chi connectivity index (χ1) is 32.9. The van der Waals surface area contributed by atoms with E-state index in [4.69, 9.17) is 0 Å². The molecule has 4 heterocycles. The maximum Gasteiger partial charge on any atom is 0.251 e. The van der Waals surface area contributed by atoms with Gasteiger partial charge in [-0.05, 0) is 98.5 Å². The third kappa shape index (κ3) is 10.0. The first-order valence-electron chi connectivity index (χ1n) is 23.3. The van der Waals surface area contributed by atoms with Crippen molar-refractivity contribution in [3.63, 3.8) is 0 Å². The van der Waals surface area contributed by atoms with Crippen LogP contribution in [-0.4, -0.2) is 109 Å². The highest BCUT2D eigenvalue weighted by Crippen LogP contribution is 2.41. The van der Waals surface area contributed by atoms with Crippen molar-refractivity contribution < 1.29 is 39.1 Å². The first-order valence-corrected chi connectivity index (χ1v) is 25.8. The number of carbonyl (C=O) groups is 2. The van der Waals surface area contributed by atoms with Crippen molar-refractivity contribution in [1.82, 2.24) is 10.6 Å².